The van der Waals surface area contributed by atoms with Crippen LogP contribution in [-0.2, 0) is 4.79 Å². The molecule has 0 spiro atoms. The second-order valence-electron chi connectivity index (χ2n) is 11.7. The van der Waals surface area contributed by atoms with Crippen molar-refractivity contribution in [1.82, 2.24) is 29.3 Å². The maximum atomic E-state index is 14.0. The first kappa shape index (κ1) is 28.2. The summed E-state index contributed by atoms with van der Waals surface area (Å²) in [5.41, 5.74) is 7.16. The van der Waals surface area contributed by atoms with Gasteiger partial charge in [0.2, 0.25) is 0 Å². The molecule has 3 heterocycles. The largest absolute Gasteiger partial charge is 0.457 e. The molecule has 6 rings (SSSR count). The number of para-hydroxylation sites is 1. The number of nitrogens with one attached hydrogen (secondary N) is 1. The van der Waals surface area contributed by atoms with Gasteiger partial charge in [0.25, 0.3) is 5.91 Å². The van der Waals surface area contributed by atoms with E-state index in [4.69, 9.17) is 10.5 Å². The molecule has 220 valence electrons. The molecule has 1 aliphatic heterocycles. The van der Waals surface area contributed by atoms with Crippen LogP contribution in [-0.4, -0.2) is 54.6 Å². The maximum absolute atomic E-state index is 14.0. The first-order chi connectivity index (χ1) is 20.7. The van der Waals surface area contributed by atoms with E-state index >= 15 is 0 Å². The second-order valence-corrected chi connectivity index (χ2v) is 11.7. The summed E-state index contributed by atoms with van der Waals surface area (Å²) in [6, 6.07) is 19.0. The lowest BCUT2D eigenvalue weighted by atomic mass is 9.99. The third-order valence-electron chi connectivity index (χ3n) is 7.88. The summed E-state index contributed by atoms with van der Waals surface area (Å²) in [6.07, 6.45) is 6.37. The fourth-order valence-corrected chi connectivity index (χ4v) is 5.72. The smallest absolute Gasteiger partial charge is 0.335 e. The van der Waals surface area contributed by atoms with E-state index in [-0.39, 0.29) is 29.0 Å². The van der Waals surface area contributed by atoms with Crippen LogP contribution in [0.4, 0.5) is 5.82 Å². The van der Waals surface area contributed by atoms with Gasteiger partial charge < -0.3 is 20.7 Å². The van der Waals surface area contributed by atoms with E-state index in [0.29, 0.717) is 60.3 Å². The van der Waals surface area contributed by atoms with Crippen LogP contribution >= 0.6 is 0 Å². The Hall–Kier alpha value is -4.95. The van der Waals surface area contributed by atoms with Gasteiger partial charge in [0.05, 0.1) is 5.69 Å². The molecule has 2 aliphatic rings. The van der Waals surface area contributed by atoms with Crippen LogP contribution in [0.25, 0.3) is 16.9 Å². The first-order valence-electron chi connectivity index (χ1n) is 14.5. The van der Waals surface area contributed by atoms with Crippen molar-refractivity contribution in [2.24, 2.45) is 0 Å². The molecule has 43 heavy (non-hydrogen) atoms. The summed E-state index contributed by atoms with van der Waals surface area (Å²) in [4.78, 5) is 37.6. The number of benzene rings is 2. The molecular weight excluding hydrogens is 544 g/mol. The highest BCUT2D eigenvalue weighted by atomic mass is 16.5. The van der Waals surface area contributed by atoms with E-state index in [2.05, 4.69) is 21.4 Å². The number of anilines is 1. The number of hydrogen-bond donors (Lipinski definition) is 2. The van der Waals surface area contributed by atoms with Gasteiger partial charge in [-0.3, -0.25) is 13.9 Å². The van der Waals surface area contributed by atoms with Crippen LogP contribution in [0.1, 0.15) is 45.6 Å². The number of piperidine rings is 1. The van der Waals surface area contributed by atoms with E-state index in [0.717, 1.165) is 12.8 Å². The van der Waals surface area contributed by atoms with Gasteiger partial charge in [-0.2, -0.15) is 5.26 Å². The van der Waals surface area contributed by atoms with Gasteiger partial charge >= 0.3 is 5.69 Å². The predicted molar refractivity (Wildman–Crippen MR) is 163 cm³/mol. The molecule has 1 amide bonds. The minimum Gasteiger partial charge on any atom is -0.457 e. The molecule has 0 radical (unpaired) electrons. The molecular formula is C32H34N8O3. The summed E-state index contributed by atoms with van der Waals surface area (Å²) < 4.78 is 9.10. The number of nitrogen functional groups attached to an aromatic ring is 1. The molecule has 11 nitrogen and oxygen atoms in total. The lowest BCUT2D eigenvalue weighted by Gasteiger charge is -2.32. The zero-order valence-electron chi connectivity index (χ0n) is 24.2. The second kappa shape index (κ2) is 11.4. The number of carbonyl (C=O) groups is 1. The van der Waals surface area contributed by atoms with Gasteiger partial charge in [0, 0.05) is 30.7 Å². The van der Waals surface area contributed by atoms with Crippen molar-refractivity contribution in [2.75, 3.05) is 18.8 Å². The Morgan fingerprint density at radius 2 is 1.72 bits per heavy atom. The number of nitrogens with zero attached hydrogens (tertiary/aromatic N) is 6. The van der Waals surface area contributed by atoms with E-state index in [1.54, 1.807) is 39.8 Å². The number of likely N-dealkylation sites (tertiary alicyclic amines) is 1. The van der Waals surface area contributed by atoms with E-state index < -0.39 is 5.54 Å². The zero-order valence-corrected chi connectivity index (χ0v) is 24.2. The average molecular weight is 579 g/mol. The minimum atomic E-state index is -0.457. The number of nitrogens with two attached hydrogens (primary N) is 1. The van der Waals surface area contributed by atoms with Crippen LogP contribution < -0.4 is 21.5 Å². The predicted octanol–water partition coefficient (Wildman–Crippen LogP) is 4.10. The SMILES string of the molecule is CC(C)(C=C(C#N)C(=O)N1CCC(n2c(=O)n(-c3ccc(Oc4ccccc4)cc3)c3c(N)ncnc32)CC1)NC1CC1. The fraction of sp³-hybridized carbons (Fsp3) is 0.344. The van der Waals surface area contributed by atoms with Gasteiger partial charge in [-0.1, -0.05) is 18.2 Å². The van der Waals surface area contributed by atoms with Crippen LogP contribution in [0, 0.1) is 11.3 Å². The van der Waals surface area contributed by atoms with Crippen LogP contribution in [0.2, 0.25) is 0 Å². The van der Waals surface area contributed by atoms with Gasteiger partial charge in [-0.15, -0.1) is 0 Å². The highest BCUT2D eigenvalue weighted by molar-refractivity contribution is 5.97. The lowest BCUT2D eigenvalue weighted by Crippen LogP contribution is -2.43. The highest BCUT2D eigenvalue weighted by Crippen LogP contribution is 2.30. The van der Waals surface area contributed by atoms with Gasteiger partial charge in [0.1, 0.15) is 35.0 Å². The van der Waals surface area contributed by atoms with Crippen LogP contribution in [0.5, 0.6) is 11.5 Å². The molecule has 2 aromatic carbocycles. The Balaban J connectivity index is 1.24. The van der Waals surface area contributed by atoms with Crippen LogP contribution in [0.15, 0.2) is 77.4 Å². The monoisotopic (exact) mass is 578 g/mol. The molecule has 11 heteroatoms. The summed E-state index contributed by atoms with van der Waals surface area (Å²) in [6.45, 7) is 4.76. The standard InChI is InChI=1S/C32H34N8O3/c1-32(2,37-22-8-9-22)18-21(19-33)30(41)38-16-14-24(15-17-38)40-29-27(28(34)35-20-36-29)39(31(40)42)23-10-12-26(13-11-23)43-25-6-4-3-5-7-25/h3-7,10-13,18,20,22,24,37H,8-9,14-17H2,1-2H3,(H2,34,35,36). The highest BCUT2D eigenvalue weighted by Gasteiger charge is 2.32. The number of fused-ring (bicyclic) bond motifs is 1. The molecule has 0 atom stereocenters. The Bertz CT molecular complexity index is 1770. The number of rotatable bonds is 8. The first-order valence-corrected chi connectivity index (χ1v) is 14.5. The molecule has 1 saturated heterocycles. The average Bonchev–Trinajstić information content (AvgIpc) is 3.76. The Morgan fingerprint density at radius 3 is 2.37 bits per heavy atom. The minimum absolute atomic E-state index is 0.130. The topological polar surface area (TPSA) is 144 Å². The lowest BCUT2D eigenvalue weighted by molar-refractivity contribution is -0.128. The number of carbonyl (C=O) groups excluding carboxylic acids is 1. The summed E-state index contributed by atoms with van der Waals surface area (Å²) >= 11 is 0. The molecule has 3 N–H and O–H groups in total. The number of hydrogen-bond acceptors (Lipinski definition) is 8. The van der Waals surface area contributed by atoms with E-state index in [9.17, 15) is 14.9 Å². The Kier molecular flexibility index (Phi) is 7.46. The van der Waals surface area contributed by atoms with E-state index in [1.807, 2.05) is 44.2 Å². The third kappa shape index (κ3) is 5.87. The number of nitriles is 1. The van der Waals surface area contributed by atoms with Crippen molar-refractivity contribution in [3.63, 3.8) is 0 Å². The molecule has 2 fully saturated rings. The number of amides is 1. The van der Waals surface area contributed by atoms with Gasteiger partial charge in [0.15, 0.2) is 11.5 Å². The van der Waals surface area contributed by atoms with Gasteiger partial charge in [-0.05, 0) is 82.0 Å². The Morgan fingerprint density at radius 1 is 1.05 bits per heavy atom. The number of aromatic nitrogens is 4. The molecule has 0 unspecified atom stereocenters. The van der Waals surface area contributed by atoms with Crippen molar-refractivity contribution in [1.29, 1.82) is 5.26 Å². The normalized spacial score (nSPS) is 16.3. The van der Waals surface area contributed by atoms with Crippen molar-refractivity contribution >= 4 is 22.9 Å². The summed E-state index contributed by atoms with van der Waals surface area (Å²) in [5, 5.41) is 13.2. The Labute approximate surface area is 249 Å². The molecule has 1 aliphatic carbocycles. The molecule has 0 bridgehead atoms. The fourth-order valence-electron chi connectivity index (χ4n) is 5.72. The van der Waals surface area contributed by atoms with Crippen molar-refractivity contribution in [2.45, 2.75) is 57.2 Å². The zero-order chi connectivity index (χ0) is 30.1. The van der Waals surface area contributed by atoms with E-state index in [1.165, 1.54) is 10.9 Å². The quantitative estimate of drug-likeness (QED) is 0.235. The number of imidazole rings is 1. The van der Waals surface area contributed by atoms with Crippen molar-refractivity contribution < 1.29 is 9.53 Å². The summed E-state index contributed by atoms with van der Waals surface area (Å²) in [7, 11) is 0. The van der Waals surface area contributed by atoms with Crippen molar-refractivity contribution in [3.05, 3.63) is 83.1 Å². The third-order valence-corrected chi connectivity index (χ3v) is 7.88. The van der Waals surface area contributed by atoms with Crippen molar-refractivity contribution in [3.8, 4) is 23.3 Å². The van der Waals surface area contributed by atoms with Crippen LogP contribution in [0.3, 0.4) is 0 Å². The molecule has 4 aromatic rings. The summed E-state index contributed by atoms with van der Waals surface area (Å²) in [5.74, 6) is 1.25. The van der Waals surface area contributed by atoms with Gasteiger partial charge in [-0.25, -0.2) is 14.8 Å². The maximum Gasteiger partial charge on any atom is 0.335 e. The molecule has 1 saturated carbocycles. The number of ether oxygens (including phenoxy) is 1. The molecule has 2 aromatic heterocycles.